The highest BCUT2D eigenvalue weighted by atomic mass is 16.5. The fourth-order valence-electron chi connectivity index (χ4n) is 4.93. The number of ether oxygens (including phenoxy) is 1. The molecule has 1 saturated heterocycles. The number of nitrogens with zero attached hydrogens (tertiary/aromatic N) is 5. The molecular formula is C28H29N9O3. The smallest absolute Gasteiger partial charge is 0.263 e. The van der Waals surface area contributed by atoms with E-state index in [0.29, 0.717) is 36.1 Å². The van der Waals surface area contributed by atoms with Gasteiger partial charge in [0.2, 0.25) is 5.88 Å². The van der Waals surface area contributed by atoms with Gasteiger partial charge in [0.05, 0.1) is 35.7 Å². The fraction of sp³-hybridized carbons (Fsp3) is 0.250. The molecule has 0 spiro atoms. The Morgan fingerprint density at radius 3 is 2.42 bits per heavy atom. The number of hydrogen-bond donors (Lipinski definition) is 4. The summed E-state index contributed by atoms with van der Waals surface area (Å²) in [7, 11) is 0. The summed E-state index contributed by atoms with van der Waals surface area (Å²) in [5, 5.41) is 9.36. The first-order valence-electron chi connectivity index (χ1n) is 13.1. The van der Waals surface area contributed by atoms with Crippen LogP contribution < -0.4 is 36.0 Å². The van der Waals surface area contributed by atoms with Gasteiger partial charge in [0.25, 0.3) is 11.5 Å². The number of pyridine rings is 2. The average molecular weight is 540 g/mol. The van der Waals surface area contributed by atoms with E-state index >= 15 is 0 Å². The number of carbonyl (C=O) groups excluding carboxylic acids is 1. The molecule has 0 saturated carbocycles. The second-order valence-electron chi connectivity index (χ2n) is 9.54. The van der Waals surface area contributed by atoms with Gasteiger partial charge in [-0.25, -0.2) is 15.0 Å². The Bertz CT molecular complexity index is 1570. The molecule has 204 valence electrons. The van der Waals surface area contributed by atoms with Gasteiger partial charge in [-0.15, -0.1) is 0 Å². The summed E-state index contributed by atoms with van der Waals surface area (Å²) in [6.07, 6.45) is 8.33. The molecule has 12 heteroatoms. The molecule has 1 amide bonds. The molecule has 4 aromatic rings. The van der Waals surface area contributed by atoms with Gasteiger partial charge in [-0.3, -0.25) is 9.59 Å². The van der Waals surface area contributed by atoms with E-state index in [1.54, 1.807) is 12.3 Å². The lowest BCUT2D eigenvalue weighted by molar-refractivity contribution is 0.102. The van der Waals surface area contributed by atoms with Gasteiger partial charge < -0.3 is 35.5 Å². The first kappa shape index (κ1) is 25.2. The van der Waals surface area contributed by atoms with Gasteiger partial charge >= 0.3 is 0 Å². The molecule has 4 N–H and O–H groups in total. The predicted octanol–water partition coefficient (Wildman–Crippen LogP) is 3.00. The van der Waals surface area contributed by atoms with Gasteiger partial charge in [0.1, 0.15) is 24.2 Å². The molecule has 5 heterocycles. The average Bonchev–Trinajstić information content (AvgIpc) is 3.00. The highest BCUT2D eigenvalue weighted by molar-refractivity contribution is 6.08. The van der Waals surface area contributed by atoms with Crippen molar-refractivity contribution in [1.82, 2.24) is 19.9 Å². The second-order valence-corrected chi connectivity index (χ2v) is 9.54. The number of carbonyl (C=O) groups is 1. The third-order valence-corrected chi connectivity index (χ3v) is 7.09. The molecule has 3 aromatic heterocycles. The summed E-state index contributed by atoms with van der Waals surface area (Å²) in [6, 6.07) is 9.30. The molecule has 1 aromatic carbocycles. The van der Waals surface area contributed by atoms with Crippen LogP contribution in [0.4, 0.5) is 34.1 Å². The highest BCUT2D eigenvalue weighted by Crippen LogP contribution is 2.34. The Morgan fingerprint density at radius 2 is 1.68 bits per heavy atom. The number of nitrogens with one attached hydrogen (secondary N) is 4. The summed E-state index contributed by atoms with van der Waals surface area (Å²) in [6.45, 7) is 6.58. The summed E-state index contributed by atoms with van der Waals surface area (Å²) in [4.78, 5) is 45.8. The largest absolute Gasteiger partial charge is 0.474 e. The Morgan fingerprint density at radius 1 is 0.950 bits per heavy atom. The topological polar surface area (TPSA) is 140 Å². The van der Waals surface area contributed by atoms with E-state index in [9.17, 15) is 9.59 Å². The van der Waals surface area contributed by atoms with Crippen LogP contribution in [0.15, 0.2) is 66.2 Å². The maximum absolute atomic E-state index is 13.3. The second kappa shape index (κ2) is 10.9. The maximum atomic E-state index is 13.3. The van der Waals surface area contributed by atoms with Gasteiger partial charge in [0, 0.05) is 55.9 Å². The molecule has 6 rings (SSSR count). The monoisotopic (exact) mass is 539 g/mol. The molecule has 0 radical (unpaired) electrons. The first-order chi connectivity index (χ1) is 19.6. The van der Waals surface area contributed by atoms with Gasteiger partial charge in [-0.05, 0) is 37.3 Å². The summed E-state index contributed by atoms with van der Waals surface area (Å²) >= 11 is 0. The summed E-state index contributed by atoms with van der Waals surface area (Å²) in [5.41, 5.74) is 4.88. The molecule has 1 fully saturated rings. The molecule has 0 atom stereocenters. The van der Waals surface area contributed by atoms with E-state index < -0.39 is 11.5 Å². The van der Waals surface area contributed by atoms with Crippen LogP contribution in [0.25, 0.3) is 0 Å². The first-order valence-corrected chi connectivity index (χ1v) is 13.1. The number of fused-ring (bicyclic) bond motifs is 1. The molecular weight excluding hydrogens is 510 g/mol. The number of rotatable bonds is 6. The Balaban J connectivity index is 1.14. The van der Waals surface area contributed by atoms with Crippen LogP contribution in [0.1, 0.15) is 15.9 Å². The Hall–Kier alpha value is -5.13. The van der Waals surface area contributed by atoms with Gasteiger partial charge in [-0.2, -0.15) is 0 Å². The van der Waals surface area contributed by atoms with Crippen LogP contribution in [0, 0.1) is 6.92 Å². The zero-order valence-corrected chi connectivity index (χ0v) is 22.0. The molecule has 2 aliphatic rings. The number of aromatic nitrogens is 4. The number of amides is 1. The fourth-order valence-corrected chi connectivity index (χ4v) is 4.93. The van der Waals surface area contributed by atoms with Gasteiger partial charge in [-0.1, -0.05) is 0 Å². The quantitative estimate of drug-likeness (QED) is 0.289. The Kier molecular flexibility index (Phi) is 6.87. The van der Waals surface area contributed by atoms with Gasteiger partial charge in [0.15, 0.2) is 0 Å². The maximum Gasteiger partial charge on any atom is 0.263 e. The predicted molar refractivity (Wildman–Crippen MR) is 154 cm³/mol. The lowest BCUT2D eigenvalue weighted by atomic mass is 10.1. The van der Waals surface area contributed by atoms with E-state index in [1.165, 1.54) is 12.5 Å². The minimum atomic E-state index is -0.513. The van der Waals surface area contributed by atoms with E-state index in [-0.39, 0.29) is 5.56 Å². The highest BCUT2D eigenvalue weighted by Gasteiger charge is 2.21. The summed E-state index contributed by atoms with van der Waals surface area (Å²) in [5.74, 6) is 0.0233. The normalized spacial score (nSPS) is 14.5. The van der Waals surface area contributed by atoms with Crippen LogP contribution >= 0.6 is 0 Å². The van der Waals surface area contributed by atoms with E-state index in [0.717, 1.165) is 48.8 Å². The van der Waals surface area contributed by atoms with Crippen molar-refractivity contribution in [2.75, 3.05) is 65.1 Å². The minimum Gasteiger partial charge on any atom is -0.474 e. The van der Waals surface area contributed by atoms with Crippen LogP contribution in [-0.2, 0) is 0 Å². The minimum absolute atomic E-state index is 0.0195. The van der Waals surface area contributed by atoms with Crippen molar-refractivity contribution in [2.45, 2.75) is 6.92 Å². The lowest BCUT2D eigenvalue weighted by Crippen LogP contribution is -2.46. The summed E-state index contributed by atoms with van der Waals surface area (Å²) < 4.78 is 5.60. The molecule has 0 bridgehead atoms. The van der Waals surface area contributed by atoms with E-state index in [2.05, 4.69) is 45.7 Å². The van der Waals surface area contributed by atoms with Crippen molar-refractivity contribution < 1.29 is 9.53 Å². The molecule has 0 aliphatic carbocycles. The van der Waals surface area contributed by atoms with E-state index in [1.807, 2.05) is 43.6 Å². The molecule has 2 aliphatic heterocycles. The molecule has 0 unspecified atom stereocenters. The standard InChI is InChI=1S/C28H29N9O3/c1-18-23(16-33-28-25(18)31-8-13-40-28)35-22-6-7-32-26(38)24(22)27(39)34-19-2-4-20(5-3-19)36-9-11-37(12-10-36)21-14-29-17-30-15-21/h2-7,14-17,31H,8-13H2,1H3,(H,34,39)(H2,32,35,38). The number of aromatic amines is 1. The third kappa shape index (κ3) is 5.10. The number of benzene rings is 1. The zero-order valence-electron chi connectivity index (χ0n) is 22.0. The van der Waals surface area contributed by atoms with Crippen molar-refractivity contribution in [3.8, 4) is 5.88 Å². The van der Waals surface area contributed by atoms with Crippen molar-refractivity contribution in [3.63, 3.8) is 0 Å². The van der Waals surface area contributed by atoms with Crippen molar-refractivity contribution in [3.05, 3.63) is 82.9 Å². The van der Waals surface area contributed by atoms with Crippen LogP contribution in [0.5, 0.6) is 5.88 Å². The van der Waals surface area contributed by atoms with E-state index in [4.69, 9.17) is 4.74 Å². The zero-order chi connectivity index (χ0) is 27.5. The number of anilines is 6. The lowest BCUT2D eigenvalue weighted by Gasteiger charge is -2.37. The third-order valence-electron chi connectivity index (χ3n) is 7.09. The SMILES string of the molecule is Cc1c(Nc2cc[nH]c(=O)c2C(=O)Nc2ccc(N3CCN(c4cncnc4)CC3)cc2)cnc2c1NCCO2. The molecule has 40 heavy (non-hydrogen) atoms. The van der Waals surface area contributed by atoms with Crippen LogP contribution in [0.2, 0.25) is 0 Å². The Labute approximate surface area is 230 Å². The number of H-pyrrole nitrogens is 1. The van der Waals surface area contributed by atoms with Crippen LogP contribution in [-0.4, -0.2) is 65.2 Å². The van der Waals surface area contributed by atoms with Crippen LogP contribution in [0.3, 0.4) is 0 Å². The van der Waals surface area contributed by atoms with Crippen molar-refractivity contribution >= 4 is 40.0 Å². The number of piperazine rings is 1. The van der Waals surface area contributed by atoms with Crippen molar-refractivity contribution in [1.29, 1.82) is 0 Å². The van der Waals surface area contributed by atoms with Crippen molar-refractivity contribution in [2.24, 2.45) is 0 Å². The molecule has 12 nitrogen and oxygen atoms in total. The number of hydrogen-bond acceptors (Lipinski definition) is 10.